The van der Waals surface area contributed by atoms with Crippen molar-refractivity contribution in [3.8, 4) is 0 Å². The fourth-order valence-electron chi connectivity index (χ4n) is 0.463. The maximum absolute atomic E-state index is 4.73. The van der Waals surface area contributed by atoms with Gasteiger partial charge in [-0.15, -0.1) is 10.2 Å². The minimum Gasteiger partial charge on any atom is -0.300 e. The van der Waals surface area contributed by atoms with Crippen LogP contribution in [0.25, 0.3) is 0 Å². The number of allylic oxidation sites excluding steroid dienone is 1. The van der Waals surface area contributed by atoms with E-state index in [1.807, 2.05) is 0 Å². The molecule has 12 heavy (non-hydrogen) atoms. The highest BCUT2D eigenvalue weighted by Crippen LogP contribution is 2.16. The third kappa shape index (κ3) is 4.42. The third-order valence-electron chi connectivity index (χ3n) is 1.10. The lowest BCUT2D eigenvalue weighted by Gasteiger charge is -1.83. The molecule has 1 aliphatic rings. The third-order valence-corrected chi connectivity index (χ3v) is 1.10. The maximum Gasteiger partial charge on any atom is 0.0893 e. The smallest absolute Gasteiger partial charge is 0.0893 e. The lowest BCUT2D eigenvalue weighted by Crippen LogP contribution is -1.98. The van der Waals surface area contributed by atoms with Crippen LogP contribution in [-0.2, 0) is 4.84 Å². The van der Waals surface area contributed by atoms with E-state index < -0.39 is 0 Å². The predicted octanol–water partition coefficient (Wildman–Crippen LogP) is -0.527. The lowest BCUT2D eigenvalue weighted by atomic mass is 10.5. The van der Waals surface area contributed by atoms with Crippen LogP contribution in [0.15, 0.2) is 24.0 Å². The average Bonchev–Trinajstić information content (AvgIpc) is 2.93. The van der Waals surface area contributed by atoms with Crippen molar-refractivity contribution in [1.82, 2.24) is 20.6 Å². The van der Waals surface area contributed by atoms with Gasteiger partial charge in [-0.1, -0.05) is 6.08 Å². The van der Waals surface area contributed by atoms with E-state index in [0.717, 1.165) is 6.42 Å². The average molecular weight is 167 g/mol. The first-order chi connectivity index (χ1) is 5.93. The van der Waals surface area contributed by atoms with E-state index in [1.165, 1.54) is 18.0 Å². The number of aromatic nitrogens is 4. The van der Waals surface area contributed by atoms with Crippen LogP contribution in [0.5, 0.6) is 0 Å². The fourth-order valence-corrected chi connectivity index (χ4v) is 0.463. The van der Waals surface area contributed by atoms with Gasteiger partial charge in [0.05, 0.1) is 19.0 Å². The molecular formula is C6H9N5O. The van der Waals surface area contributed by atoms with Crippen molar-refractivity contribution in [3.05, 3.63) is 24.0 Å². The van der Waals surface area contributed by atoms with Gasteiger partial charge < -0.3 is 4.84 Å². The van der Waals surface area contributed by atoms with Crippen molar-refractivity contribution in [2.75, 3.05) is 6.61 Å². The number of nitrogens with zero attached hydrogens (tertiary/aromatic N) is 4. The zero-order valence-corrected chi connectivity index (χ0v) is 6.42. The molecule has 6 heteroatoms. The number of hydrogen-bond donors (Lipinski definition) is 1. The van der Waals surface area contributed by atoms with Crippen LogP contribution in [0.1, 0.15) is 6.42 Å². The standard InChI is InChI=1S/C4H7NO.C2H2N4/c5-6-3-4-1-2-4;1-2-4-6-5-3-1/h1H,2-3,5H2;1-2H. The van der Waals surface area contributed by atoms with E-state index in [9.17, 15) is 0 Å². The SMILES string of the molecule is NOCC1=CC1.c1cnnnn1. The molecule has 0 bridgehead atoms. The molecular weight excluding hydrogens is 158 g/mol. The molecule has 1 aromatic rings. The Morgan fingerprint density at radius 1 is 1.33 bits per heavy atom. The van der Waals surface area contributed by atoms with Gasteiger partial charge in [0.2, 0.25) is 0 Å². The minimum atomic E-state index is 0.625. The molecule has 1 aliphatic carbocycles. The summed E-state index contributed by atoms with van der Waals surface area (Å²) in [5, 5.41) is 13.1. The molecule has 2 N–H and O–H groups in total. The fraction of sp³-hybridized carbons (Fsp3) is 0.333. The summed E-state index contributed by atoms with van der Waals surface area (Å²) in [6.45, 7) is 0.625. The zero-order valence-electron chi connectivity index (χ0n) is 6.42. The molecule has 0 amide bonds. The molecule has 0 fully saturated rings. The Kier molecular flexibility index (Phi) is 3.82. The monoisotopic (exact) mass is 167 g/mol. The van der Waals surface area contributed by atoms with Crippen molar-refractivity contribution in [2.45, 2.75) is 6.42 Å². The Bertz CT molecular complexity index is 210. The Labute approximate surface area is 69.4 Å². The Hall–Kier alpha value is -1.40. The van der Waals surface area contributed by atoms with E-state index in [2.05, 4.69) is 31.5 Å². The van der Waals surface area contributed by atoms with Gasteiger partial charge in [-0.05, 0) is 22.4 Å². The highest BCUT2D eigenvalue weighted by molar-refractivity contribution is 5.21. The first-order valence-corrected chi connectivity index (χ1v) is 3.38. The molecule has 1 aromatic heterocycles. The van der Waals surface area contributed by atoms with Crippen molar-refractivity contribution < 1.29 is 4.84 Å². The van der Waals surface area contributed by atoms with Crippen molar-refractivity contribution >= 4 is 0 Å². The molecule has 1 heterocycles. The molecule has 0 atom stereocenters. The van der Waals surface area contributed by atoms with Gasteiger partial charge in [0.1, 0.15) is 0 Å². The van der Waals surface area contributed by atoms with Crippen LogP contribution in [-0.4, -0.2) is 27.2 Å². The van der Waals surface area contributed by atoms with E-state index in [-0.39, 0.29) is 0 Å². The van der Waals surface area contributed by atoms with Gasteiger partial charge in [-0.3, -0.25) is 0 Å². The first kappa shape index (κ1) is 8.69. The van der Waals surface area contributed by atoms with Gasteiger partial charge in [-0.2, -0.15) is 0 Å². The summed E-state index contributed by atoms with van der Waals surface area (Å²) in [6, 6.07) is 0. The van der Waals surface area contributed by atoms with Crippen LogP contribution in [0.2, 0.25) is 0 Å². The van der Waals surface area contributed by atoms with Gasteiger partial charge in [0, 0.05) is 0 Å². The molecule has 0 aliphatic heterocycles. The van der Waals surface area contributed by atoms with E-state index in [4.69, 9.17) is 5.90 Å². The molecule has 0 saturated carbocycles. The quantitative estimate of drug-likeness (QED) is 0.470. The Balaban J connectivity index is 0.000000120. The molecule has 0 aromatic carbocycles. The van der Waals surface area contributed by atoms with Crippen molar-refractivity contribution in [2.24, 2.45) is 5.90 Å². The molecule has 2 rings (SSSR count). The van der Waals surface area contributed by atoms with Crippen LogP contribution < -0.4 is 5.90 Å². The van der Waals surface area contributed by atoms with E-state index in [1.54, 1.807) is 0 Å². The number of nitrogens with two attached hydrogens (primary N) is 1. The van der Waals surface area contributed by atoms with Crippen LogP contribution in [0.3, 0.4) is 0 Å². The Morgan fingerprint density at radius 3 is 2.08 bits per heavy atom. The van der Waals surface area contributed by atoms with Gasteiger partial charge >= 0.3 is 0 Å². The molecule has 0 spiro atoms. The first-order valence-electron chi connectivity index (χ1n) is 3.38. The summed E-state index contributed by atoms with van der Waals surface area (Å²) in [4.78, 5) is 4.30. The maximum atomic E-state index is 4.73. The lowest BCUT2D eigenvalue weighted by molar-refractivity contribution is 0.163. The molecule has 0 saturated heterocycles. The number of hydrogen-bond acceptors (Lipinski definition) is 6. The minimum absolute atomic E-state index is 0.625. The highest BCUT2D eigenvalue weighted by Gasteiger charge is 2.04. The van der Waals surface area contributed by atoms with Crippen molar-refractivity contribution in [3.63, 3.8) is 0 Å². The summed E-state index contributed by atoms with van der Waals surface area (Å²) in [6.07, 6.45) is 6.13. The van der Waals surface area contributed by atoms with Crippen molar-refractivity contribution in [1.29, 1.82) is 0 Å². The molecule has 64 valence electrons. The molecule has 0 radical (unpaired) electrons. The summed E-state index contributed by atoms with van der Waals surface area (Å²) >= 11 is 0. The highest BCUT2D eigenvalue weighted by atomic mass is 16.6. The molecule has 6 nitrogen and oxygen atoms in total. The van der Waals surface area contributed by atoms with Crippen LogP contribution in [0, 0.1) is 0 Å². The summed E-state index contributed by atoms with van der Waals surface area (Å²) < 4.78 is 0. The predicted molar refractivity (Wildman–Crippen MR) is 40.5 cm³/mol. The van der Waals surface area contributed by atoms with E-state index in [0.29, 0.717) is 6.61 Å². The number of rotatable bonds is 2. The summed E-state index contributed by atoms with van der Waals surface area (Å²) in [5.74, 6) is 4.73. The van der Waals surface area contributed by atoms with E-state index >= 15 is 0 Å². The second-order valence-electron chi connectivity index (χ2n) is 2.09. The van der Waals surface area contributed by atoms with Gasteiger partial charge in [0.25, 0.3) is 0 Å². The van der Waals surface area contributed by atoms with Crippen LogP contribution >= 0.6 is 0 Å². The topological polar surface area (TPSA) is 86.8 Å². The largest absolute Gasteiger partial charge is 0.300 e. The zero-order chi connectivity index (χ0) is 8.65. The van der Waals surface area contributed by atoms with Gasteiger partial charge in [0.15, 0.2) is 0 Å². The Morgan fingerprint density at radius 2 is 1.92 bits per heavy atom. The summed E-state index contributed by atoms with van der Waals surface area (Å²) in [7, 11) is 0. The normalized spacial score (nSPS) is 12.6. The van der Waals surface area contributed by atoms with Gasteiger partial charge in [-0.25, -0.2) is 5.90 Å². The second-order valence-corrected chi connectivity index (χ2v) is 2.09. The molecule has 0 unspecified atom stereocenters. The second kappa shape index (κ2) is 5.28. The van der Waals surface area contributed by atoms with Crippen LogP contribution in [0.4, 0.5) is 0 Å². The summed E-state index contributed by atoms with van der Waals surface area (Å²) in [5.41, 5.74) is 1.32.